The second-order valence-corrected chi connectivity index (χ2v) is 11.0. The molecular formula is C25H26N8O4S. The molecule has 12 nitrogen and oxygen atoms in total. The Labute approximate surface area is 220 Å². The number of hydrogen-bond acceptors (Lipinski definition) is 11. The lowest BCUT2D eigenvalue weighted by Crippen LogP contribution is -2.40. The van der Waals surface area contributed by atoms with Gasteiger partial charge in [0.2, 0.25) is 11.8 Å². The highest BCUT2D eigenvalue weighted by Crippen LogP contribution is 2.29. The molecule has 0 N–H and O–H groups in total. The third kappa shape index (κ3) is 5.36. The lowest BCUT2D eigenvalue weighted by atomic mass is 10.1. The van der Waals surface area contributed by atoms with Gasteiger partial charge in [-0.3, -0.25) is 0 Å². The first-order valence-corrected chi connectivity index (χ1v) is 13.7. The van der Waals surface area contributed by atoms with Crippen molar-refractivity contribution >= 4 is 26.8 Å². The number of pyridine rings is 2. The Morgan fingerprint density at radius 2 is 1.89 bits per heavy atom. The lowest BCUT2D eigenvalue weighted by molar-refractivity contribution is 0.143. The van der Waals surface area contributed by atoms with Crippen molar-refractivity contribution in [3.63, 3.8) is 0 Å². The normalized spacial score (nSPS) is 14.7. The highest BCUT2D eigenvalue weighted by molar-refractivity contribution is 7.93. The van der Waals surface area contributed by atoms with E-state index >= 15 is 0 Å². The van der Waals surface area contributed by atoms with E-state index in [1.54, 1.807) is 49.5 Å². The number of ether oxygens (including phenoxy) is 3. The summed E-state index contributed by atoms with van der Waals surface area (Å²) in [6.45, 7) is 1.87. The van der Waals surface area contributed by atoms with Gasteiger partial charge in [-0.1, -0.05) is 0 Å². The second-order valence-electron chi connectivity index (χ2n) is 8.46. The number of methoxy groups -OCH3 is 2. The van der Waals surface area contributed by atoms with Gasteiger partial charge in [-0.2, -0.15) is 14.7 Å². The molecule has 0 spiro atoms. The minimum Gasteiger partial charge on any atom is -0.481 e. The molecule has 1 aliphatic heterocycles. The van der Waals surface area contributed by atoms with Crippen molar-refractivity contribution in [2.24, 2.45) is 4.36 Å². The summed E-state index contributed by atoms with van der Waals surface area (Å²) in [7, 11) is 0.749. The van der Waals surface area contributed by atoms with Crippen LogP contribution < -0.4 is 14.4 Å². The average molecular weight is 535 g/mol. The fraction of sp³-hybridized carbons (Fsp3) is 0.320. The van der Waals surface area contributed by atoms with Crippen LogP contribution in [0.4, 0.5) is 11.5 Å². The van der Waals surface area contributed by atoms with Gasteiger partial charge < -0.3 is 19.1 Å². The number of nitrogens with zero attached hydrogens (tertiary/aromatic N) is 8. The molecule has 1 fully saturated rings. The molecular weight excluding hydrogens is 508 g/mol. The molecule has 5 heterocycles. The van der Waals surface area contributed by atoms with E-state index in [1.807, 2.05) is 12.1 Å². The molecule has 0 amide bonds. The Morgan fingerprint density at radius 1 is 1.05 bits per heavy atom. The smallest absolute Gasteiger partial charge is 0.233 e. The largest absolute Gasteiger partial charge is 0.481 e. The fourth-order valence-electron chi connectivity index (χ4n) is 4.07. The van der Waals surface area contributed by atoms with Crippen molar-refractivity contribution in [2.45, 2.75) is 0 Å². The molecule has 5 rings (SSSR count). The number of rotatable bonds is 8. The van der Waals surface area contributed by atoms with Gasteiger partial charge >= 0.3 is 0 Å². The highest BCUT2D eigenvalue weighted by Gasteiger charge is 2.22. The summed E-state index contributed by atoms with van der Waals surface area (Å²) < 4.78 is 35.2. The van der Waals surface area contributed by atoms with Crippen LogP contribution in [0.5, 0.6) is 11.8 Å². The van der Waals surface area contributed by atoms with Crippen molar-refractivity contribution in [1.82, 2.24) is 24.6 Å². The van der Waals surface area contributed by atoms with Gasteiger partial charge in [0.25, 0.3) is 0 Å². The molecule has 4 aromatic heterocycles. The Bertz CT molecular complexity index is 1570. The van der Waals surface area contributed by atoms with Crippen LogP contribution in [-0.2, 0) is 14.5 Å². The third-order valence-corrected chi connectivity index (χ3v) is 8.22. The maximum absolute atomic E-state index is 13.3. The molecule has 0 atom stereocenters. The summed E-state index contributed by atoms with van der Waals surface area (Å²) >= 11 is 0. The zero-order valence-corrected chi connectivity index (χ0v) is 21.8. The number of hydrogen-bond donors (Lipinski definition) is 0. The monoisotopic (exact) mass is 534 g/mol. The Morgan fingerprint density at radius 3 is 2.55 bits per heavy atom. The first-order chi connectivity index (χ1) is 18.5. The van der Waals surface area contributed by atoms with Crippen LogP contribution in [0.2, 0.25) is 0 Å². The average Bonchev–Trinajstić information content (AvgIpc) is 3.37. The minimum atomic E-state index is -2.39. The fourth-order valence-corrected chi connectivity index (χ4v) is 5.96. The molecule has 0 bridgehead atoms. The van der Waals surface area contributed by atoms with Crippen LogP contribution >= 0.6 is 0 Å². The number of aromatic nitrogens is 5. The van der Waals surface area contributed by atoms with Crippen molar-refractivity contribution in [3.05, 3.63) is 54.6 Å². The molecule has 1 aliphatic rings. The van der Waals surface area contributed by atoms with E-state index in [2.05, 4.69) is 35.4 Å². The number of anilines is 1. The molecule has 0 radical (unpaired) electrons. The number of fused-ring (bicyclic) bond motifs is 1. The number of nitriles is 1. The van der Waals surface area contributed by atoms with E-state index < -0.39 is 9.73 Å². The zero-order chi connectivity index (χ0) is 26.5. The minimum absolute atomic E-state index is 0.331. The lowest BCUT2D eigenvalue weighted by Gasteiger charge is -2.29. The second kappa shape index (κ2) is 11.0. The molecule has 0 unspecified atom stereocenters. The van der Waals surface area contributed by atoms with Crippen molar-refractivity contribution < 1.29 is 18.4 Å². The maximum atomic E-state index is 13.3. The zero-order valence-electron chi connectivity index (χ0n) is 21.0. The summed E-state index contributed by atoms with van der Waals surface area (Å²) in [5.74, 6) is 2.46. The molecule has 0 aliphatic carbocycles. The van der Waals surface area contributed by atoms with Gasteiger partial charge in [0.1, 0.15) is 35.3 Å². The van der Waals surface area contributed by atoms with Crippen LogP contribution in [0.1, 0.15) is 5.56 Å². The summed E-state index contributed by atoms with van der Waals surface area (Å²) in [4.78, 5) is 15.5. The molecule has 0 saturated carbocycles. The summed E-state index contributed by atoms with van der Waals surface area (Å²) in [5, 5.41) is 13.8. The maximum Gasteiger partial charge on any atom is 0.233 e. The highest BCUT2D eigenvalue weighted by atomic mass is 32.2. The summed E-state index contributed by atoms with van der Waals surface area (Å²) in [5.41, 5.74) is 2.82. The van der Waals surface area contributed by atoms with Crippen molar-refractivity contribution in [1.29, 1.82) is 5.26 Å². The van der Waals surface area contributed by atoms with E-state index in [0.29, 0.717) is 72.0 Å². The van der Waals surface area contributed by atoms with E-state index in [1.165, 1.54) is 6.20 Å². The predicted octanol–water partition coefficient (Wildman–Crippen LogP) is 2.71. The van der Waals surface area contributed by atoms with Gasteiger partial charge in [0.05, 0.1) is 47.7 Å². The molecule has 0 aromatic carbocycles. The van der Waals surface area contributed by atoms with E-state index in [9.17, 15) is 9.47 Å². The van der Waals surface area contributed by atoms with Gasteiger partial charge in [-0.25, -0.2) is 23.7 Å². The molecule has 38 heavy (non-hydrogen) atoms. The molecule has 196 valence electrons. The van der Waals surface area contributed by atoms with E-state index in [4.69, 9.17) is 14.2 Å². The van der Waals surface area contributed by atoms with Crippen LogP contribution in [0, 0.1) is 11.3 Å². The van der Waals surface area contributed by atoms with Crippen molar-refractivity contribution in [2.75, 3.05) is 56.9 Å². The Hall–Kier alpha value is -4.28. The standard InChI is InChI=1S/C25H26N8O4S/c1-35-9-10-37-23-17-33-25(19(13-26)15-29-33)24(30-23)18-3-5-21(27-14-18)32-7-11-38(34,12-8-32)31-20-4-6-22(36-2)28-16-20/h3-6,14-17H,7-12H2,1-2H3. The van der Waals surface area contributed by atoms with E-state index in [0.717, 1.165) is 11.4 Å². The predicted molar refractivity (Wildman–Crippen MR) is 141 cm³/mol. The Balaban J connectivity index is 1.35. The SMILES string of the molecule is COCCOc1cn2ncc(C#N)c2c(-c2ccc(N3CCS(=O)(=Nc4ccc(OC)nc4)CC3)nc2)n1. The quantitative estimate of drug-likeness (QED) is 0.310. The van der Waals surface area contributed by atoms with Gasteiger partial charge in [0, 0.05) is 49.5 Å². The van der Waals surface area contributed by atoms with Gasteiger partial charge in [-0.15, -0.1) is 0 Å². The van der Waals surface area contributed by atoms with Crippen LogP contribution in [0.15, 0.2) is 53.4 Å². The van der Waals surface area contributed by atoms with Crippen molar-refractivity contribution in [3.8, 4) is 29.1 Å². The van der Waals surface area contributed by atoms with E-state index in [-0.39, 0.29) is 0 Å². The molecule has 4 aromatic rings. The molecule has 13 heteroatoms. The van der Waals surface area contributed by atoms with Crippen LogP contribution in [0.3, 0.4) is 0 Å². The first kappa shape index (κ1) is 25.4. The first-order valence-electron chi connectivity index (χ1n) is 11.9. The molecule has 1 saturated heterocycles. The van der Waals surface area contributed by atoms with Crippen LogP contribution in [-0.4, -0.2) is 80.8 Å². The third-order valence-electron chi connectivity index (χ3n) is 6.04. The van der Waals surface area contributed by atoms with Crippen LogP contribution in [0.25, 0.3) is 16.8 Å². The Kier molecular flexibility index (Phi) is 7.34. The van der Waals surface area contributed by atoms with Gasteiger partial charge in [-0.05, 0) is 18.2 Å². The van der Waals surface area contributed by atoms with Gasteiger partial charge in [0.15, 0.2) is 0 Å². The summed E-state index contributed by atoms with van der Waals surface area (Å²) in [6, 6.07) is 9.42. The topological polar surface area (TPSA) is 140 Å². The summed E-state index contributed by atoms with van der Waals surface area (Å²) in [6.07, 6.45) is 6.41.